The minimum Gasteiger partial charge on any atom is -0.379 e. The van der Waals surface area contributed by atoms with E-state index in [1.54, 1.807) is 24.4 Å². The van der Waals surface area contributed by atoms with Crippen LogP contribution in [0.2, 0.25) is 0 Å². The molecule has 1 fully saturated rings. The highest BCUT2D eigenvalue weighted by molar-refractivity contribution is 5.94. The Kier molecular flexibility index (Phi) is 5.87. The Balaban J connectivity index is 1.78. The van der Waals surface area contributed by atoms with Gasteiger partial charge in [-0.2, -0.15) is 5.10 Å². The van der Waals surface area contributed by atoms with Gasteiger partial charge in [-0.15, -0.1) is 0 Å². The highest BCUT2D eigenvalue weighted by Gasteiger charge is 2.25. The summed E-state index contributed by atoms with van der Waals surface area (Å²) < 4.78 is 5.46. The Morgan fingerprint density at radius 2 is 1.88 bits per heavy atom. The first-order valence-corrected chi connectivity index (χ1v) is 8.38. The van der Waals surface area contributed by atoms with E-state index in [1.165, 1.54) is 0 Å². The van der Waals surface area contributed by atoms with Crippen LogP contribution in [0, 0.1) is 0 Å². The molecule has 1 aliphatic heterocycles. The minimum atomic E-state index is -0.311. The molecule has 0 radical (unpaired) electrons. The van der Waals surface area contributed by atoms with E-state index in [0.29, 0.717) is 18.9 Å². The van der Waals surface area contributed by atoms with Crippen molar-refractivity contribution < 1.29 is 9.53 Å². The maximum Gasteiger partial charge on any atom is 0.289 e. The number of aromatic nitrogens is 1. The number of carbonyl (C=O) groups is 1. The first kappa shape index (κ1) is 17.3. The molecule has 2 aromatic rings. The molecule has 1 saturated heterocycles. The monoisotopic (exact) mass is 338 g/mol. The van der Waals surface area contributed by atoms with Crippen molar-refractivity contribution in [2.45, 2.75) is 13.0 Å². The van der Waals surface area contributed by atoms with Crippen molar-refractivity contribution in [3.05, 3.63) is 66.0 Å². The van der Waals surface area contributed by atoms with Gasteiger partial charge in [0.05, 0.1) is 25.0 Å². The van der Waals surface area contributed by atoms with Crippen LogP contribution in [0.4, 0.5) is 0 Å². The Morgan fingerprint density at radius 3 is 2.56 bits per heavy atom. The number of hydrogen-bond acceptors (Lipinski definition) is 5. The summed E-state index contributed by atoms with van der Waals surface area (Å²) in [6, 6.07) is 15.4. The lowest BCUT2D eigenvalue weighted by atomic mass is 10.0. The minimum absolute atomic E-state index is 0.00846. The van der Waals surface area contributed by atoms with Gasteiger partial charge in [0.25, 0.3) is 5.91 Å². The van der Waals surface area contributed by atoms with E-state index in [9.17, 15) is 4.79 Å². The Bertz CT molecular complexity index is 713. The standard InChI is InChI=1S/C19H22N4O2/c1-15(21-22-19(24)17-9-5-6-10-20-17)18(16-7-3-2-4-8-16)23-11-13-25-14-12-23/h2-10,18H,11-14H2,1H3,(H,22,24). The largest absolute Gasteiger partial charge is 0.379 e. The molecule has 1 unspecified atom stereocenters. The number of morpholine rings is 1. The number of amides is 1. The fourth-order valence-electron chi connectivity index (χ4n) is 2.94. The summed E-state index contributed by atoms with van der Waals surface area (Å²) in [5.41, 5.74) is 4.95. The van der Waals surface area contributed by atoms with Crippen LogP contribution in [-0.2, 0) is 4.74 Å². The molecule has 0 bridgehead atoms. The number of pyridine rings is 1. The first-order valence-electron chi connectivity index (χ1n) is 8.38. The molecule has 130 valence electrons. The zero-order valence-electron chi connectivity index (χ0n) is 14.3. The Labute approximate surface area is 147 Å². The third-order valence-corrected chi connectivity index (χ3v) is 4.15. The van der Waals surface area contributed by atoms with Gasteiger partial charge >= 0.3 is 0 Å². The maximum atomic E-state index is 12.2. The zero-order valence-corrected chi connectivity index (χ0v) is 14.3. The normalized spacial score (nSPS) is 17.1. The number of hydrazone groups is 1. The van der Waals surface area contributed by atoms with Crippen LogP contribution in [0.3, 0.4) is 0 Å². The van der Waals surface area contributed by atoms with Crippen molar-refractivity contribution in [1.29, 1.82) is 0 Å². The van der Waals surface area contributed by atoms with Gasteiger partial charge in [-0.1, -0.05) is 36.4 Å². The first-order chi connectivity index (χ1) is 12.3. The van der Waals surface area contributed by atoms with Crippen LogP contribution in [0.1, 0.15) is 29.0 Å². The zero-order chi connectivity index (χ0) is 17.5. The van der Waals surface area contributed by atoms with E-state index in [4.69, 9.17) is 4.74 Å². The van der Waals surface area contributed by atoms with Gasteiger partial charge in [0.15, 0.2) is 0 Å². The van der Waals surface area contributed by atoms with Crippen LogP contribution < -0.4 is 5.43 Å². The molecular weight excluding hydrogens is 316 g/mol. The van der Waals surface area contributed by atoms with Gasteiger partial charge < -0.3 is 4.74 Å². The van der Waals surface area contributed by atoms with Gasteiger partial charge in [0.1, 0.15) is 5.69 Å². The van der Waals surface area contributed by atoms with Gasteiger partial charge in [-0.25, -0.2) is 5.43 Å². The molecule has 25 heavy (non-hydrogen) atoms. The van der Waals surface area contributed by atoms with Crippen LogP contribution in [-0.4, -0.2) is 47.8 Å². The predicted molar refractivity (Wildman–Crippen MR) is 96.4 cm³/mol. The molecule has 1 N–H and O–H groups in total. The third kappa shape index (κ3) is 4.49. The van der Waals surface area contributed by atoms with Crippen LogP contribution in [0.15, 0.2) is 59.8 Å². The summed E-state index contributed by atoms with van der Waals surface area (Å²) >= 11 is 0. The second-order valence-corrected chi connectivity index (χ2v) is 5.87. The van der Waals surface area contributed by atoms with Crippen molar-refractivity contribution in [2.24, 2.45) is 5.10 Å². The fourth-order valence-corrected chi connectivity index (χ4v) is 2.94. The molecule has 0 aliphatic carbocycles. The van der Waals surface area contributed by atoms with Crippen molar-refractivity contribution >= 4 is 11.6 Å². The summed E-state index contributed by atoms with van der Waals surface area (Å²) in [5, 5.41) is 4.35. The third-order valence-electron chi connectivity index (χ3n) is 4.15. The molecule has 2 heterocycles. The van der Waals surface area contributed by atoms with Crippen LogP contribution >= 0.6 is 0 Å². The second kappa shape index (κ2) is 8.50. The van der Waals surface area contributed by atoms with Crippen molar-refractivity contribution in [3.63, 3.8) is 0 Å². The summed E-state index contributed by atoms with van der Waals surface area (Å²) in [6.07, 6.45) is 1.59. The average molecular weight is 338 g/mol. The molecular formula is C19H22N4O2. The fraction of sp³-hybridized carbons (Fsp3) is 0.316. The number of carbonyl (C=O) groups excluding carboxylic acids is 1. The molecule has 0 spiro atoms. The predicted octanol–water partition coefficient (Wildman–Crippen LogP) is 2.26. The summed E-state index contributed by atoms with van der Waals surface area (Å²) in [5.74, 6) is -0.311. The Hall–Kier alpha value is -2.57. The highest BCUT2D eigenvalue weighted by atomic mass is 16.5. The van der Waals surface area contributed by atoms with E-state index in [1.807, 2.05) is 25.1 Å². The summed E-state index contributed by atoms with van der Waals surface area (Å²) in [7, 11) is 0. The average Bonchev–Trinajstić information content (AvgIpc) is 2.69. The number of ether oxygens (including phenoxy) is 1. The molecule has 0 saturated carbocycles. The summed E-state index contributed by atoms with van der Waals surface area (Å²) in [4.78, 5) is 18.5. The van der Waals surface area contributed by atoms with E-state index >= 15 is 0 Å². The van der Waals surface area contributed by atoms with E-state index < -0.39 is 0 Å². The van der Waals surface area contributed by atoms with E-state index in [2.05, 4.69) is 32.5 Å². The lowest BCUT2D eigenvalue weighted by molar-refractivity contribution is 0.0285. The van der Waals surface area contributed by atoms with E-state index in [-0.39, 0.29) is 11.9 Å². The topological polar surface area (TPSA) is 66.8 Å². The molecule has 6 heteroatoms. The number of rotatable bonds is 5. The van der Waals surface area contributed by atoms with Crippen molar-refractivity contribution in [3.8, 4) is 0 Å². The SMILES string of the molecule is CC(=NNC(=O)c1ccccn1)C(c1ccccc1)N1CCOCC1. The molecule has 6 nitrogen and oxygen atoms in total. The molecule has 3 rings (SSSR count). The maximum absolute atomic E-state index is 12.2. The summed E-state index contributed by atoms with van der Waals surface area (Å²) in [6.45, 7) is 5.01. The van der Waals surface area contributed by atoms with Gasteiger partial charge in [-0.05, 0) is 24.6 Å². The van der Waals surface area contributed by atoms with Gasteiger partial charge in [-0.3, -0.25) is 14.7 Å². The number of hydrogen-bond donors (Lipinski definition) is 1. The van der Waals surface area contributed by atoms with Crippen molar-refractivity contribution in [2.75, 3.05) is 26.3 Å². The quantitative estimate of drug-likeness (QED) is 0.671. The lowest BCUT2D eigenvalue weighted by Crippen LogP contribution is -2.42. The molecule has 1 aromatic heterocycles. The van der Waals surface area contributed by atoms with Crippen molar-refractivity contribution in [1.82, 2.24) is 15.3 Å². The van der Waals surface area contributed by atoms with E-state index in [0.717, 1.165) is 24.4 Å². The van der Waals surface area contributed by atoms with Crippen LogP contribution in [0.25, 0.3) is 0 Å². The Morgan fingerprint density at radius 1 is 1.16 bits per heavy atom. The van der Waals surface area contributed by atoms with Crippen LogP contribution in [0.5, 0.6) is 0 Å². The van der Waals surface area contributed by atoms with Gasteiger partial charge in [0, 0.05) is 19.3 Å². The number of nitrogens with zero attached hydrogens (tertiary/aromatic N) is 3. The molecule has 1 aliphatic rings. The highest BCUT2D eigenvalue weighted by Crippen LogP contribution is 2.23. The van der Waals surface area contributed by atoms with Gasteiger partial charge in [0.2, 0.25) is 0 Å². The smallest absolute Gasteiger partial charge is 0.289 e. The molecule has 1 atom stereocenters. The number of benzene rings is 1. The second-order valence-electron chi connectivity index (χ2n) is 5.87. The molecule has 1 amide bonds. The lowest BCUT2D eigenvalue weighted by Gasteiger charge is -2.34. The number of nitrogens with one attached hydrogen (secondary N) is 1. The molecule has 1 aromatic carbocycles.